The average molecular weight is 324 g/mol. The van der Waals surface area contributed by atoms with Crippen LogP contribution in [-0.4, -0.2) is 5.11 Å². The second kappa shape index (κ2) is 6.27. The van der Waals surface area contributed by atoms with Gasteiger partial charge in [-0.2, -0.15) is 0 Å². The minimum atomic E-state index is 0.0904. The first-order chi connectivity index (χ1) is 8.69. The third-order valence-corrected chi connectivity index (χ3v) is 4.23. The summed E-state index contributed by atoms with van der Waals surface area (Å²) in [7, 11) is 0. The summed E-state index contributed by atoms with van der Waals surface area (Å²) in [4.78, 5) is 1.09. The van der Waals surface area contributed by atoms with Crippen molar-refractivity contribution in [2.75, 3.05) is 5.73 Å². The van der Waals surface area contributed by atoms with Crippen molar-refractivity contribution in [2.24, 2.45) is 0 Å². The first-order valence-electron chi connectivity index (χ1n) is 5.55. The summed E-state index contributed by atoms with van der Waals surface area (Å²) in [6.07, 6.45) is 0. The normalized spacial score (nSPS) is 10.6. The standard InChI is InChI=1S/C14H14BrNOS/c15-12-5-6-14(13(16)7-12)18-9-11-3-1-10(8-17)2-4-11/h1-7,17H,8-9,16H2. The molecular formula is C14H14BrNOS. The largest absolute Gasteiger partial charge is 0.398 e. The van der Waals surface area contributed by atoms with Gasteiger partial charge in [0.15, 0.2) is 0 Å². The van der Waals surface area contributed by atoms with Crippen molar-refractivity contribution in [3.05, 3.63) is 58.1 Å². The van der Waals surface area contributed by atoms with E-state index in [1.54, 1.807) is 11.8 Å². The number of halogens is 1. The molecule has 2 rings (SSSR count). The molecule has 0 aliphatic heterocycles. The zero-order valence-electron chi connectivity index (χ0n) is 9.77. The van der Waals surface area contributed by atoms with Gasteiger partial charge in [-0.15, -0.1) is 11.8 Å². The maximum Gasteiger partial charge on any atom is 0.0681 e. The van der Waals surface area contributed by atoms with Crippen LogP contribution in [0.15, 0.2) is 51.8 Å². The number of rotatable bonds is 4. The maximum absolute atomic E-state index is 8.97. The number of benzene rings is 2. The fourth-order valence-electron chi connectivity index (χ4n) is 1.55. The van der Waals surface area contributed by atoms with Crippen molar-refractivity contribution in [2.45, 2.75) is 17.3 Å². The van der Waals surface area contributed by atoms with Crippen LogP contribution in [0.3, 0.4) is 0 Å². The molecule has 0 amide bonds. The number of nitrogens with two attached hydrogens (primary N) is 1. The van der Waals surface area contributed by atoms with Gasteiger partial charge in [0, 0.05) is 20.8 Å². The first-order valence-corrected chi connectivity index (χ1v) is 7.33. The van der Waals surface area contributed by atoms with Gasteiger partial charge in [-0.3, -0.25) is 0 Å². The van der Waals surface area contributed by atoms with Gasteiger partial charge in [-0.1, -0.05) is 40.2 Å². The molecule has 0 aliphatic rings. The first kappa shape index (κ1) is 13.5. The van der Waals surface area contributed by atoms with Gasteiger partial charge in [0.2, 0.25) is 0 Å². The van der Waals surface area contributed by atoms with Crippen LogP contribution in [0.25, 0.3) is 0 Å². The zero-order chi connectivity index (χ0) is 13.0. The molecular weight excluding hydrogens is 310 g/mol. The molecule has 2 aromatic carbocycles. The van der Waals surface area contributed by atoms with Gasteiger partial charge in [-0.05, 0) is 29.3 Å². The van der Waals surface area contributed by atoms with Gasteiger partial charge in [0.05, 0.1) is 6.61 Å². The highest BCUT2D eigenvalue weighted by molar-refractivity contribution is 9.10. The van der Waals surface area contributed by atoms with Crippen LogP contribution in [0.5, 0.6) is 0 Å². The Kier molecular flexibility index (Phi) is 4.69. The van der Waals surface area contributed by atoms with Crippen LogP contribution in [0, 0.1) is 0 Å². The van der Waals surface area contributed by atoms with Gasteiger partial charge >= 0.3 is 0 Å². The highest BCUT2D eigenvalue weighted by atomic mass is 79.9. The third-order valence-electron chi connectivity index (χ3n) is 2.57. The monoisotopic (exact) mass is 323 g/mol. The molecule has 0 atom stereocenters. The molecule has 94 valence electrons. The smallest absolute Gasteiger partial charge is 0.0681 e. The summed E-state index contributed by atoms with van der Waals surface area (Å²) in [5.41, 5.74) is 8.90. The Morgan fingerprint density at radius 1 is 1.06 bits per heavy atom. The molecule has 3 N–H and O–H groups in total. The van der Waals surface area contributed by atoms with Crippen LogP contribution in [-0.2, 0) is 12.4 Å². The van der Waals surface area contributed by atoms with E-state index in [0.29, 0.717) is 0 Å². The SMILES string of the molecule is Nc1cc(Br)ccc1SCc1ccc(CO)cc1. The molecule has 0 aromatic heterocycles. The fraction of sp³-hybridized carbons (Fsp3) is 0.143. The lowest BCUT2D eigenvalue weighted by molar-refractivity contribution is 0.282. The molecule has 4 heteroatoms. The Morgan fingerprint density at radius 3 is 2.33 bits per heavy atom. The minimum absolute atomic E-state index is 0.0904. The molecule has 0 radical (unpaired) electrons. The average Bonchev–Trinajstić information content (AvgIpc) is 2.38. The summed E-state index contributed by atoms with van der Waals surface area (Å²) < 4.78 is 0.997. The molecule has 2 nitrogen and oxygen atoms in total. The molecule has 0 fully saturated rings. The quantitative estimate of drug-likeness (QED) is 0.664. The molecule has 0 saturated heterocycles. The van der Waals surface area contributed by atoms with Gasteiger partial charge < -0.3 is 10.8 Å². The second-order valence-electron chi connectivity index (χ2n) is 3.95. The van der Waals surface area contributed by atoms with Crippen LogP contribution in [0.2, 0.25) is 0 Å². The van der Waals surface area contributed by atoms with Crippen molar-refractivity contribution in [3.63, 3.8) is 0 Å². The van der Waals surface area contributed by atoms with Crippen LogP contribution < -0.4 is 5.73 Å². The van der Waals surface area contributed by atoms with Gasteiger partial charge in [0.25, 0.3) is 0 Å². The number of thioether (sulfide) groups is 1. The second-order valence-corrected chi connectivity index (χ2v) is 5.88. The van der Waals surface area contributed by atoms with Crippen molar-refractivity contribution in [1.82, 2.24) is 0 Å². The van der Waals surface area contributed by atoms with Crippen molar-refractivity contribution in [3.8, 4) is 0 Å². The van der Waals surface area contributed by atoms with Crippen molar-refractivity contribution in [1.29, 1.82) is 0 Å². The molecule has 0 bridgehead atoms. The van der Waals surface area contributed by atoms with E-state index in [9.17, 15) is 0 Å². The van der Waals surface area contributed by atoms with Crippen LogP contribution in [0.1, 0.15) is 11.1 Å². The fourth-order valence-corrected chi connectivity index (χ4v) is 2.84. The van der Waals surface area contributed by atoms with Gasteiger partial charge in [-0.25, -0.2) is 0 Å². The Balaban J connectivity index is 2.02. The lowest BCUT2D eigenvalue weighted by Crippen LogP contribution is -1.89. The Bertz CT molecular complexity index is 528. The Labute approximate surface area is 119 Å². The van der Waals surface area contributed by atoms with E-state index in [-0.39, 0.29) is 6.61 Å². The molecule has 2 aromatic rings. The topological polar surface area (TPSA) is 46.2 Å². The highest BCUT2D eigenvalue weighted by Crippen LogP contribution is 2.30. The predicted octanol–water partition coefficient (Wildman–Crippen LogP) is 3.82. The molecule has 0 heterocycles. The summed E-state index contributed by atoms with van der Waals surface area (Å²) in [5.74, 6) is 0.873. The van der Waals surface area contributed by atoms with E-state index in [1.807, 2.05) is 42.5 Å². The summed E-state index contributed by atoms with van der Waals surface area (Å²) >= 11 is 5.11. The van der Waals surface area contributed by atoms with E-state index in [0.717, 1.165) is 26.4 Å². The molecule has 0 spiro atoms. The van der Waals surface area contributed by atoms with Crippen LogP contribution in [0.4, 0.5) is 5.69 Å². The van der Waals surface area contributed by atoms with Gasteiger partial charge in [0.1, 0.15) is 0 Å². The predicted molar refractivity (Wildman–Crippen MR) is 80.5 cm³/mol. The Hall–Kier alpha value is -0.970. The van der Waals surface area contributed by atoms with E-state index >= 15 is 0 Å². The number of nitrogen functional groups attached to an aromatic ring is 1. The maximum atomic E-state index is 8.97. The summed E-state index contributed by atoms with van der Waals surface area (Å²) in [6.45, 7) is 0.0904. The number of anilines is 1. The number of aliphatic hydroxyl groups is 1. The van der Waals surface area contributed by atoms with Crippen LogP contribution >= 0.6 is 27.7 Å². The highest BCUT2D eigenvalue weighted by Gasteiger charge is 2.01. The zero-order valence-corrected chi connectivity index (χ0v) is 12.2. The summed E-state index contributed by atoms with van der Waals surface area (Å²) in [6, 6.07) is 13.9. The summed E-state index contributed by atoms with van der Waals surface area (Å²) in [5, 5.41) is 8.97. The molecule has 0 unspecified atom stereocenters. The van der Waals surface area contributed by atoms with Crippen molar-refractivity contribution >= 4 is 33.4 Å². The molecule has 0 saturated carbocycles. The van der Waals surface area contributed by atoms with Crippen molar-refractivity contribution < 1.29 is 5.11 Å². The minimum Gasteiger partial charge on any atom is -0.398 e. The molecule has 0 aliphatic carbocycles. The number of aliphatic hydroxyl groups excluding tert-OH is 1. The number of hydrogen-bond acceptors (Lipinski definition) is 3. The number of hydrogen-bond donors (Lipinski definition) is 2. The van der Waals surface area contributed by atoms with E-state index < -0.39 is 0 Å². The van der Waals surface area contributed by atoms with E-state index in [4.69, 9.17) is 10.8 Å². The molecule has 18 heavy (non-hydrogen) atoms. The van der Waals surface area contributed by atoms with E-state index in [2.05, 4.69) is 15.9 Å². The van der Waals surface area contributed by atoms with E-state index in [1.165, 1.54) is 5.56 Å². The lowest BCUT2D eigenvalue weighted by Gasteiger charge is -2.06. The third kappa shape index (κ3) is 3.51. The Morgan fingerprint density at radius 2 is 1.72 bits per heavy atom. The lowest BCUT2D eigenvalue weighted by atomic mass is 10.2.